The Hall–Kier alpha value is -2.56. The van der Waals surface area contributed by atoms with Gasteiger partial charge >= 0.3 is 0 Å². The molecule has 2 atom stereocenters. The standard InChI is InChI=1S/C27H38N6O3S/c1-19-25(29-18-30-26(19)28-16-20-15-21-5-3-4-6-24(21)36-17-20)27(34)33-13-9-23(10-14-33)32-11-7-22(8-12-32)31-37(2)35/h3-6,18,20,22-23,31H,7-17H2,1-2H3,(H,28,29,30). The summed E-state index contributed by atoms with van der Waals surface area (Å²) in [6.45, 7) is 6.84. The Labute approximate surface area is 222 Å². The highest BCUT2D eigenvalue weighted by Gasteiger charge is 2.31. The van der Waals surface area contributed by atoms with E-state index in [2.05, 4.69) is 31.0 Å². The molecule has 3 aliphatic heterocycles. The summed E-state index contributed by atoms with van der Waals surface area (Å²) in [5, 5.41) is 3.44. The SMILES string of the molecule is Cc1c(NCC2COc3ccccc3C2)ncnc1C(=O)N1CCC(N2CCC(NS(C)=O)CC2)CC1. The van der Waals surface area contributed by atoms with Gasteiger partial charge in [0.2, 0.25) is 0 Å². The highest BCUT2D eigenvalue weighted by atomic mass is 32.2. The number of amides is 1. The van der Waals surface area contributed by atoms with Crippen molar-refractivity contribution in [2.75, 3.05) is 50.9 Å². The van der Waals surface area contributed by atoms with Gasteiger partial charge in [-0.05, 0) is 63.7 Å². The van der Waals surface area contributed by atoms with Crippen LogP contribution in [0.2, 0.25) is 0 Å². The van der Waals surface area contributed by atoms with Crippen LogP contribution in [0.5, 0.6) is 5.75 Å². The van der Waals surface area contributed by atoms with Crippen LogP contribution in [0.25, 0.3) is 0 Å². The zero-order valence-electron chi connectivity index (χ0n) is 21.8. The molecule has 9 nitrogen and oxygen atoms in total. The predicted molar refractivity (Wildman–Crippen MR) is 145 cm³/mol. The smallest absolute Gasteiger partial charge is 0.272 e. The van der Waals surface area contributed by atoms with Gasteiger partial charge in [-0.25, -0.2) is 18.9 Å². The minimum absolute atomic E-state index is 0.00957. The molecule has 2 unspecified atom stereocenters. The highest BCUT2D eigenvalue weighted by molar-refractivity contribution is 7.82. The summed E-state index contributed by atoms with van der Waals surface area (Å²) >= 11 is 0. The first-order chi connectivity index (χ1) is 18.0. The summed E-state index contributed by atoms with van der Waals surface area (Å²) in [7, 11) is -0.955. The first kappa shape index (κ1) is 26.1. The van der Waals surface area contributed by atoms with E-state index in [1.165, 1.54) is 11.9 Å². The van der Waals surface area contributed by atoms with Crippen molar-refractivity contribution < 1.29 is 13.7 Å². The molecule has 200 valence electrons. The van der Waals surface area contributed by atoms with Gasteiger partial charge in [0.1, 0.15) is 23.6 Å². The van der Waals surface area contributed by atoms with Crippen LogP contribution >= 0.6 is 0 Å². The van der Waals surface area contributed by atoms with Crippen LogP contribution < -0.4 is 14.8 Å². The quantitative estimate of drug-likeness (QED) is 0.572. The molecule has 2 saturated heterocycles. The van der Waals surface area contributed by atoms with Crippen LogP contribution in [0, 0.1) is 12.8 Å². The number of aromatic nitrogens is 2. The topological polar surface area (TPSA) is 99.7 Å². The maximum atomic E-state index is 13.4. The Morgan fingerprint density at radius 1 is 1.11 bits per heavy atom. The average Bonchev–Trinajstić information content (AvgIpc) is 2.92. The molecule has 2 N–H and O–H groups in total. The molecule has 3 aliphatic rings. The highest BCUT2D eigenvalue weighted by Crippen LogP contribution is 2.28. The number of nitrogens with one attached hydrogen (secondary N) is 2. The van der Waals surface area contributed by atoms with Crippen LogP contribution in [-0.4, -0.2) is 87.6 Å². The van der Waals surface area contributed by atoms with Crippen molar-refractivity contribution in [2.24, 2.45) is 5.92 Å². The molecule has 0 bridgehead atoms. The van der Waals surface area contributed by atoms with Crippen molar-refractivity contribution in [3.63, 3.8) is 0 Å². The number of carbonyl (C=O) groups is 1. The Bertz CT molecular complexity index is 1120. The molecule has 0 aliphatic carbocycles. The molecule has 10 heteroatoms. The lowest BCUT2D eigenvalue weighted by molar-refractivity contribution is 0.0571. The van der Waals surface area contributed by atoms with E-state index < -0.39 is 11.0 Å². The lowest BCUT2D eigenvalue weighted by Crippen LogP contribution is -2.51. The Kier molecular flexibility index (Phi) is 8.36. The number of nitrogens with zero attached hydrogens (tertiary/aromatic N) is 4. The summed E-state index contributed by atoms with van der Waals surface area (Å²) in [5.41, 5.74) is 2.52. The van der Waals surface area contributed by atoms with Crippen molar-refractivity contribution in [3.8, 4) is 5.75 Å². The minimum atomic E-state index is -0.955. The number of anilines is 1. The fourth-order valence-electron chi connectivity index (χ4n) is 5.81. The van der Waals surface area contributed by atoms with Gasteiger partial charge in [-0.1, -0.05) is 18.2 Å². The maximum absolute atomic E-state index is 13.4. The third-order valence-corrected chi connectivity index (χ3v) is 8.60. The number of benzene rings is 1. The van der Waals surface area contributed by atoms with E-state index in [1.807, 2.05) is 30.0 Å². The zero-order valence-corrected chi connectivity index (χ0v) is 22.6. The lowest BCUT2D eigenvalue weighted by Gasteiger charge is -2.41. The minimum Gasteiger partial charge on any atom is -0.493 e. The van der Waals surface area contributed by atoms with E-state index in [4.69, 9.17) is 4.74 Å². The second-order valence-corrected chi connectivity index (χ2v) is 11.6. The van der Waals surface area contributed by atoms with Gasteiger partial charge < -0.3 is 19.9 Å². The van der Waals surface area contributed by atoms with E-state index in [1.54, 1.807) is 6.26 Å². The summed E-state index contributed by atoms with van der Waals surface area (Å²) in [5.74, 6) is 2.03. The van der Waals surface area contributed by atoms with Crippen LogP contribution in [0.3, 0.4) is 0 Å². The number of rotatable bonds is 7. The van der Waals surface area contributed by atoms with Crippen molar-refractivity contribution in [1.82, 2.24) is 24.5 Å². The Morgan fingerprint density at radius 2 is 1.86 bits per heavy atom. The van der Waals surface area contributed by atoms with Crippen molar-refractivity contribution >= 4 is 22.7 Å². The largest absolute Gasteiger partial charge is 0.493 e. The molecule has 0 radical (unpaired) electrons. The van der Waals surface area contributed by atoms with E-state index >= 15 is 0 Å². The molecule has 5 rings (SSSR count). The number of hydrogen-bond acceptors (Lipinski definition) is 7. The average molecular weight is 527 g/mol. The number of fused-ring (bicyclic) bond motifs is 1. The third-order valence-electron chi connectivity index (χ3n) is 7.93. The number of para-hydroxylation sites is 1. The molecule has 37 heavy (non-hydrogen) atoms. The summed E-state index contributed by atoms with van der Waals surface area (Å²) in [4.78, 5) is 26.7. The van der Waals surface area contributed by atoms with Crippen LogP contribution in [0.15, 0.2) is 30.6 Å². The van der Waals surface area contributed by atoms with Crippen LogP contribution in [0.1, 0.15) is 47.3 Å². The fourth-order valence-corrected chi connectivity index (χ4v) is 6.51. The summed E-state index contributed by atoms with van der Waals surface area (Å²) in [6, 6.07) is 9.03. The van der Waals surface area contributed by atoms with Gasteiger partial charge in [0.25, 0.3) is 5.91 Å². The van der Waals surface area contributed by atoms with Crippen LogP contribution in [-0.2, 0) is 17.4 Å². The van der Waals surface area contributed by atoms with Crippen molar-refractivity contribution in [2.45, 2.75) is 51.1 Å². The van der Waals surface area contributed by atoms with Gasteiger partial charge in [0.05, 0.1) is 17.6 Å². The third kappa shape index (κ3) is 6.30. The lowest BCUT2D eigenvalue weighted by atomic mass is 9.96. The second-order valence-electron chi connectivity index (χ2n) is 10.5. The summed E-state index contributed by atoms with van der Waals surface area (Å²) < 4.78 is 20.5. The number of piperidine rings is 2. The van der Waals surface area contributed by atoms with Gasteiger partial charge in [-0.2, -0.15) is 0 Å². The zero-order chi connectivity index (χ0) is 25.8. The molecule has 1 aromatic carbocycles. The Balaban J connectivity index is 1.12. The molecule has 2 fully saturated rings. The first-order valence-corrected chi connectivity index (χ1v) is 14.9. The molecule has 2 aromatic rings. The van der Waals surface area contributed by atoms with E-state index in [9.17, 15) is 9.00 Å². The monoisotopic (exact) mass is 526 g/mol. The van der Waals surface area contributed by atoms with Gasteiger partial charge in [-0.3, -0.25) is 4.79 Å². The molecular weight excluding hydrogens is 488 g/mol. The maximum Gasteiger partial charge on any atom is 0.272 e. The van der Waals surface area contributed by atoms with E-state index in [0.29, 0.717) is 30.3 Å². The summed E-state index contributed by atoms with van der Waals surface area (Å²) in [6.07, 6.45) is 8.14. The molecular formula is C27H38N6O3S. The number of hydrogen-bond donors (Lipinski definition) is 2. The van der Waals surface area contributed by atoms with Crippen LogP contribution in [0.4, 0.5) is 5.82 Å². The second kappa shape index (κ2) is 11.9. The van der Waals surface area contributed by atoms with Gasteiger partial charge in [0.15, 0.2) is 0 Å². The fraction of sp³-hybridized carbons (Fsp3) is 0.593. The van der Waals surface area contributed by atoms with Gasteiger partial charge in [0, 0.05) is 49.5 Å². The predicted octanol–water partition coefficient (Wildman–Crippen LogP) is 2.40. The Morgan fingerprint density at radius 3 is 2.62 bits per heavy atom. The molecule has 1 aromatic heterocycles. The number of ether oxygens (including phenoxy) is 1. The van der Waals surface area contributed by atoms with E-state index in [0.717, 1.165) is 82.0 Å². The first-order valence-electron chi connectivity index (χ1n) is 13.4. The van der Waals surface area contributed by atoms with Gasteiger partial charge in [-0.15, -0.1) is 0 Å². The van der Waals surface area contributed by atoms with E-state index in [-0.39, 0.29) is 5.91 Å². The molecule has 0 spiro atoms. The molecule has 1 amide bonds. The molecule has 4 heterocycles. The number of likely N-dealkylation sites (tertiary alicyclic amines) is 2. The normalized spacial score (nSPS) is 22.2. The molecule has 0 saturated carbocycles. The number of carbonyl (C=O) groups excluding carboxylic acids is 1. The van der Waals surface area contributed by atoms with Crippen molar-refractivity contribution in [1.29, 1.82) is 0 Å². The van der Waals surface area contributed by atoms with Crippen molar-refractivity contribution in [3.05, 3.63) is 47.4 Å².